The third-order valence-electron chi connectivity index (χ3n) is 3.13. The second-order valence-electron chi connectivity index (χ2n) is 4.89. The lowest BCUT2D eigenvalue weighted by molar-refractivity contribution is 0.0938. The number of unbranched alkanes of at least 4 members (excludes halogenated alkanes) is 1. The first kappa shape index (κ1) is 17.1. The molecule has 1 aromatic rings. The van der Waals surface area contributed by atoms with Crippen molar-refractivity contribution in [2.45, 2.75) is 39.2 Å². The normalized spacial score (nSPS) is 11.2. The standard InChI is InChI=1S/C17H23NO3/c1-4-5-7-13(2)18-17(20)15-9-10-16(21-3)14(12-15)8-6-11-19/h9-10,12-13,19H,4-5,7,11H2,1-3H3,(H,18,20). The molecule has 0 aliphatic heterocycles. The Hall–Kier alpha value is -1.99. The predicted octanol–water partition coefficient (Wildman–Crippen LogP) is 2.35. The van der Waals surface area contributed by atoms with Crippen LogP contribution in [0.3, 0.4) is 0 Å². The van der Waals surface area contributed by atoms with Crippen molar-refractivity contribution in [3.63, 3.8) is 0 Å². The molecule has 2 N–H and O–H groups in total. The van der Waals surface area contributed by atoms with E-state index in [1.165, 1.54) is 0 Å². The first-order valence-electron chi connectivity index (χ1n) is 7.21. The van der Waals surface area contributed by atoms with Gasteiger partial charge in [-0.1, -0.05) is 31.6 Å². The van der Waals surface area contributed by atoms with E-state index in [9.17, 15) is 4.79 Å². The van der Waals surface area contributed by atoms with E-state index in [0.717, 1.165) is 19.3 Å². The number of amides is 1. The molecule has 0 saturated carbocycles. The Bertz CT molecular complexity index is 529. The summed E-state index contributed by atoms with van der Waals surface area (Å²) in [6, 6.07) is 5.26. The van der Waals surface area contributed by atoms with Crippen molar-refractivity contribution >= 4 is 5.91 Å². The van der Waals surface area contributed by atoms with Gasteiger partial charge in [-0.25, -0.2) is 0 Å². The number of carbonyl (C=O) groups is 1. The quantitative estimate of drug-likeness (QED) is 0.790. The maximum atomic E-state index is 12.2. The van der Waals surface area contributed by atoms with Crippen molar-refractivity contribution in [1.29, 1.82) is 0 Å². The molecule has 0 aliphatic carbocycles. The summed E-state index contributed by atoms with van der Waals surface area (Å²) in [5, 5.41) is 11.8. The zero-order valence-corrected chi connectivity index (χ0v) is 12.9. The predicted molar refractivity (Wildman–Crippen MR) is 83.4 cm³/mol. The van der Waals surface area contributed by atoms with Crippen LogP contribution in [0, 0.1) is 11.8 Å². The highest BCUT2D eigenvalue weighted by molar-refractivity contribution is 5.95. The number of benzene rings is 1. The number of rotatable bonds is 6. The molecule has 1 rings (SSSR count). The van der Waals surface area contributed by atoms with Crippen LogP contribution in [-0.2, 0) is 0 Å². The molecule has 1 aromatic carbocycles. The molecular weight excluding hydrogens is 266 g/mol. The van der Waals surface area contributed by atoms with E-state index in [1.807, 2.05) is 6.92 Å². The monoisotopic (exact) mass is 289 g/mol. The lowest BCUT2D eigenvalue weighted by atomic mass is 10.1. The van der Waals surface area contributed by atoms with Gasteiger partial charge in [0.15, 0.2) is 0 Å². The number of hydrogen-bond donors (Lipinski definition) is 2. The lowest BCUT2D eigenvalue weighted by Gasteiger charge is -2.14. The van der Waals surface area contributed by atoms with E-state index in [-0.39, 0.29) is 18.6 Å². The number of aliphatic hydroxyl groups is 1. The zero-order chi connectivity index (χ0) is 15.7. The number of nitrogens with one attached hydrogen (secondary N) is 1. The highest BCUT2D eigenvalue weighted by atomic mass is 16.5. The summed E-state index contributed by atoms with van der Waals surface area (Å²) < 4.78 is 5.20. The van der Waals surface area contributed by atoms with E-state index in [4.69, 9.17) is 9.84 Å². The topological polar surface area (TPSA) is 58.6 Å². The van der Waals surface area contributed by atoms with Crippen molar-refractivity contribution in [3.8, 4) is 17.6 Å². The van der Waals surface area contributed by atoms with Crippen molar-refractivity contribution in [3.05, 3.63) is 29.3 Å². The van der Waals surface area contributed by atoms with Crippen molar-refractivity contribution in [2.24, 2.45) is 0 Å². The van der Waals surface area contributed by atoms with Crippen molar-refractivity contribution in [2.75, 3.05) is 13.7 Å². The first-order chi connectivity index (χ1) is 10.1. The van der Waals surface area contributed by atoms with Gasteiger partial charge in [0.1, 0.15) is 12.4 Å². The van der Waals surface area contributed by atoms with Crippen LogP contribution < -0.4 is 10.1 Å². The van der Waals surface area contributed by atoms with Gasteiger partial charge in [0, 0.05) is 11.6 Å². The van der Waals surface area contributed by atoms with Gasteiger partial charge in [-0.2, -0.15) is 0 Å². The van der Waals surface area contributed by atoms with Crippen LogP contribution in [0.2, 0.25) is 0 Å². The Kier molecular flexibility index (Phi) is 7.34. The Morgan fingerprint density at radius 3 is 2.86 bits per heavy atom. The Morgan fingerprint density at radius 2 is 2.24 bits per heavy atom. The van der Waals surface area contributed by atoms with Crippen molar-refractivity contribution in [1.82, 2.24) is 5.32 Å². The van der Waals surface area contributed by atoms with Gasteiger partial charge in [0.25, 0.3) is 5.91 Å². The molecular formula is C17H23NO3. The average molecular weight is 289 g/mol. The first-order valence-corrected chi connectivity index (χ1v) is 7.21. The highest BCUT2D eigenvalue weighted by Crippen LogP contribution is 2.19. The van der Waals surface area contributed by atoms with Gasteiger partial charge in [-0.3, -0.25) is 4.79 Å². The SMILES string of the molecule is CCCCC(C)NC(=O)c1ccc(OC)c(C#CCO)c1. The largest absolute Gasteiger partial charge is 0.495 e. The molecule has 0 spiro atoms. The third-order valence-corrected chi connectivity index (χ3v) is 3.13. The highest BCUT2D eigenvalue weighted by Gasteiger charge is 2.11. The zero-order valence-electron chi connectivity index (χ0n) is 12.9. The van der Waals surface area contributed by atoms with E-state index >= 15 is 0 Å². The molecule has 1 atom stereocenters. The minimum atomic E-state index is -0.229. The molecule has 4 nitrogen and oxygen atoms in total. The fourth-order valence-corrected chi connectivity index (χ4v) is 1.97. The molecule has 0 saturated heterocycles. The fraction of sp³-hybridized carbons (Fsp3) is 0.471. The van der Waals surface area contributed by atoms with Crippen molar-refractivity contribution < 1.29 is 14.6 Å². The maximum absolute atomic E-state index is 12.2. The van der Waals surface area contributed by atoms with Crippen LogP contribution in [-0.4, -0.2) is 30.8 Å². The molecule has 1 amide bonds. The van der Waals surface area contributed by atoms with Gasteiger partial charge >= 0.3 is 0 Å². The molecule has 114 valence electrons. The Morgan fingerprint density at radius 1 is 1.48 bits per heavy atom. The summed E-state index contributed by atoms with van der Waals surface area (Å²) in [7, 11) is 1.55. The van der Waals surface area contributed by atoms with Crippen LogP contribution >= 0.6 is 0 Å². The number of carbonyl (C=O) groups excluding carboxylic acids is 1. The lowest BCUT2D eigenvalue weighted by Crippen LogP contribution is -2.32. The van der Waals surface area contributed by atoms with Crippen LogP contribution in [0.1, 0.15) is 49.0 Å². The molecule has 0 bridgehead atoms. The second kappa shape index (κ2) is 9.04. The summed E-state index contributed by atoms with van der Waals surface area (Å²) in [5.41, 5.74) is 1.14. The smallest absolute Gasteiger partial charge is 0.251 e. The third kappa shape index (κ3) is 5.49. The van der Waals surface area contributed by atoms with Gasteiger partial charge < -0.3 is 15.2 Å². The number of methoxy groups -OCH3 is 1. The summed E-state index contributed by atoms with van der Waals surface area (Å²) in [6.07, 6.45) is 3.18. The Balaban J connectivity index is 2.85. The molecule has 0 aliphatic rings. The molecule has 21 heavy (non-hydrogen) atoms. The second-order valence-corrected chi connectivity index (χ2v) is 4.89. The molecule has 1 unspecified atom stereocenters. The fourth-order valence-electron chi connectivity index (χ4n) is 1.97. The molecule has 4 heteroatoms. The van der Waals surface area contributed by atoms with Crippen LogP contribution in [0.5, 0.6) is 5.75 Å². The average Bonchev–Trinajstić information content (AvgIpc) is 2.50. The van der Waals surface area contributed by atoms with Crippen LogP contribution in [0.4, 0.5) is 0 Å². The number of ether oxygens (including phenoxy) is 1. The maximum Gasteiger partial charge on any atom is 0.251 e. The summed E-state index contributed by atoms with van der Waals surface area (Å²) in [4.78, 5) is 12.2. The summed E-state index contributed by atoms with van der Waals surface area (Å²) in [5.74, 6) is 5.83. The molecule has 0 aromatic heterocycles. The van der Waals surface area contributed by atoms with E-state index in [0.29, 0.717) is 16.9 Å². The number of hydrogen-bond acceptors (Lipinski definition) is 3. The minimum absolute atomic E-state index is 0.117. The van der Waals surface area contributed by atoms with Gasteiger partial charge in [-0.05, 0) is 31.5 Å². The van der Waals surface area contributed by atoms with Crippen LogP contribution in [0.15, 0.2) is 18.2 Å². The summed E-state index contributed by atoms with van der Waals surface area (Å²) >= 11 is 0. The van der Waals surface area contributed by atoms with E-state index in [2.05, 4.69) is 24.1 Å². The number of aliphatic hydroxyl groups excluding tert-OH is 1. The van der Waals surface area contributed by atoms with E-state index in [1.54, 1.807) is 25.3 Å². The van der Waals surface area contributed by atoms with E-state index < -0.39 is 0 Å². The molecule has 0 radical (unpaired) electrons. The van der Waals surface area contributed by atoms with Gasteiger partial charge in [0.2, 0.25) is 0 Å². The Labute approximate surface area is 126 Å². The molecule has 0 fully saturated rings. The molecule has 0 heterocycles. The minimum Gasteiger partial charge on any atom is -0.495 e. The van der Waals surface area contributed by atoms with Crippen LogP contribution in [0.25, 0.3) is 0 Å². The van der Waals surface area contributed by atoms with Gasteiger partial charge in [-0.15, -0.1) is 0 Å². The van der Waals surface area contributed by atoms with Gasteiger partial charge in [0.05, 0.1) is 12.7 Å². The summed E-state index contributed by atoms with van der Waals surface area (Å²) in [6.45, 7) is 3.90.